The lowest BCUT2D eigenvalue weighted by molar-refractivity contribution is 1.09. The Balaban J connectivity index is 2.63. The standard InChI is InChI=1S/C8H6N6/c9-1-5-2-11-8(10)14-7(5)6-3-12-13-4-6/h2-4H,(H,12,13)(H2,10,11,14). The molecule has 0 saturated carbocycles. The van der Waals surface area contributed by atoms with Crippen LogP contribution in [-0.2, 0) is 0 Å². The molecule has 0 atom stereocenters. The molecule has 0 radical (unpaired) electrons. The van der Waals surface area contributed by atoms with Crippen molar-refractivity contribution in [2.75, 3.05) is 5.73 Å². The molecular formula is C8H6N6. The fraction of sp³-hybridized carbons (Fsp3) is 0. The molecule has 0 aliphatic rings. The van der Waals surface area contributed by atoms with Crippen LogP contribution in [0.2, 0.25) is 0 Å². The van der Waals surface area contributed by atoms with E-state index in [2.05, 4.69) is 20.2 Å². The minimum atomic E-state index is 0.139. The van der Waals surface area contributed by atoms with Gasteiger partial charge in [-0.3, -0.25) is 5.10 Å². The molecule has 0 unspecified atom stereocenters. The number of nitrogens with one attached hydrogen (secondary N) is 1. The number of hydrogen-bond donors (Lipinski definition) is 2. The maximum absolute atomic E-state index is 8.81. The average Bonchev–Trinajstić information content (AvgIpc) is 2.70. The van der Waals surface area contributed by atoms with E-state index in [1.54, 1.807) is 12.4 Å². The van der Waals surface area contributed by atoms with Crippen molar-refractivity contribution < 1.29 is 0 Å². The van der Waals surface area contributed by atoms with Crippen molar-refractivity contribution in [1.29, 1.82) is 5.26 Å². The van der Waals surface area contributed by atoms with Gasteiger partial charge < -0.3 is 5.73 Å². The SMILES string of the molecule is N#Cc1cnc(N)nc1-c1cn[nH]c1. The van der Waals surface area contributed by atoms with Crippen molar-refractivity contribution in [3.05, 3.63) is 24.2 Å². The Kier molecular flexibility index (Phi) is 1.84. The van der Waals surface area contributed by atoms with Gasteiger partial charge in [0.2, 0.25) is 5.95 Å². The van der Waals surface area contributed by atoms with E-state index in [1.165, 1.54) is 6.20 Å². The van der Waals surface area contributed by atoms with E-state index in [4.69, 9.17) is 11.0 Å². The van der Waals surface area contributed by atoms with Gasteiger partial charge in [0.1, 0.15) is 6.07 Å². The van der Waals surface area contributed by atoms with Gasteiger partial charge in [-0.15, -0.1) is 0 Å². The first-order valence-electron chi connectivity index (χ1n) is 3.83. The maximum atomic E-state index is 8.81. The van der Waals surface area contributed by atoms with Gasteiger partial charge in [0.25, 0.3) is 0 Å². The predicted octanol–water partition coefficient (Wildman–Crippen LogP) is 0.321. The van der Waals surface area contributed by atoms with Gasteiger partial charge in [-0.25, -0.2) is 9.97 Å². The first kappa shape index (κ1) is 8.19. The van der Waals surface area contributed by atoms with Crippen LogP contribution in [-0.4, -0.2) is 20.2 Å². The summed E-state index contributed by atoms with van der Waals surface area (Å²) in [5.41, 5.74) is 7.01. The molecule has 0 fully saturated rings. The van der Waals surface area contributed by atoms with Gasteiger partial charge in [0.05, 0.1) is 23.7 Å². The molecule has 0 saturated heterocycles. The summed E-state index contributed by atoms with van der Waals surface area (Å²) in [6.07, 6.45) is 4.61. The molecule has 68 valence electrons. The second-order valence-electron chi connectivity index (χ2n) is 2.59. The zero-order chi connectivity index (χ0) is 9.97. The van der Waals surface area contributed by atoms with Crippen molar-refractivity contribution in [2.24, 2.45) is 0 Å². The highest BCUT2D eigenvalue weighted by molar-refractivity contribution is 5.65. The Morgan fingerprint density at radius 1 is 1.43 bits per heavy atom. The van der Waals surface area contributed by atoms with Crippen molar-refractivity contribution in [3.63, 3.8) is 0 Å². The average molecular weight is 186 g/mol. The van der Waals surface area contributed by atoms with Gasteiger partial charge in [-0.1, -0.05) is 0 Å². The summed E-state index contributed by atoms with van der Waals surface area (Å²) >= 11 is 0. The molecule has 14 heavy (non-hydrogen) atoms. The van der Waals surface area contributed by atoms with Crippen molar-refractivity contribution in [2.45, 2.75) is 0 Å². The third kappa shape index (κ3) is 1.27. The normalized spacial score (nSPS) is 9.64. The van der Waals surface area contributed by atoms with Crippen LogP contribution in [0.4, 0.5) is 5.95 Å². The molecule has 2 aromatic rings. The van der Waals surface area contributed by atoms with Crippen molar-refractivity contribution in [1.82, 2.24) is 20.2 Å². The van der Waals surface area contributed by atoms with E-state index in [0.29, 0.717) is 11.3 Å². The fourth-order valence-corrected chi connectivity index (χ4v) is 1.08. The summed E-state index contributed by atoms with van der Waals surface area (Å²) in [4.78, 5) is 7.70. The van der Waals surface area contributed by atoms with Gasteiger partial charge >= 0.3 is 0 Å². The monoisotopic (exact) mass is 186 g/mol. The summed E-state index contributed by atoms with van der Waals surface area (Å²) < 4.78 is 0. The smallest absolute Gasteiger partial charge is 0.220 e. The van der Waals surface area contributed by atoms with Gasteiger partial charge in [-0.05, 0) is 0 Å². The number of hydrogen-bond acceptors (Lipinski definition) is 5. The third-order valence-electron chi connectivity index (χ3n) is 1.70. The first-order chi connectivity index (χ1) is 6.81. The highest BCUT2D eigenvalue weighted by Gasteiger charge is 2.08. The van der Waals surface area contributed by atoms with E-state index in [9.17, 15) is 0 Å². The zero-order valence-electron chi connectivity index (χ0n) is 7.10. The van der Waals surface area contributed by atoms with Gasteiger partial charge in [0, 0.05) is 11.8 Å². The molecule has 6 nitrogen and oxygen atoms in total. The largest absolute Gasteiger partial charge is 0.368 e. The molecular weight excluding hydrogens is 180 g/mol. The summed E-state index contributed by atoms with van der Waals surface area (Å²) in [6.45, 7) is 0. The molecule has 2 rings (SSSR count). The summed E-state index contributed by atoms with van der Waals surface area (Å²) in [6, 6.07) is 1.99. The van der Waals surface area contributed by atoms with Crippen molar-refractivity contribution >= 4 is 5.95 Å². The van der Waals surface area contributed by atoms with Gasteiger partial charge in [0.15, 0.2) is 0 Å². The minimum Gasteiger partial charge on any atom is -0.368 e. The molecule has 0 aliphatic carbocycles. The number of H-pyrrole nitrogens is 1. The predicted molar refractivity (Wildman–Crippen MR) is 48.7 cm³/mol. The summed E-state index contributed by atoms with van der Waals surface area (Å²) in [5, 5.41) is 15.2. The highest BCUT2D eigenvalue weighted by atomic mass is 15.1. The molecule has 0 aliphatic heterocycles. The summed E-state index contributed by atoms with van der Waals surface area (Å²) in [5.74, 6) is 0.139. The molecule has 0 spiro atoms. The van der Waals surface area contributed by atoms with E-state index in [0.717, 1.165) is 5.56 Å². The van der Waals surface area contributed by atoms with Crippen LogP contribution in [0.3, 0.4) is 0 Å². The zero-order valence-corrected chi connectivity index (χ0v) is 7.10. The van der Waals surface area contributed by atoms with Gasteiger partial charge in [-0.2, -0.15) is 10.4 Å². The Hall–Kier alpha value is -2.42. The van der Waals surface area contributed by atoms with Crippen LogP contribution in [0, 0.1) is 11.3 Å². The number of nitrogen functional groups attached to an aromatic ring is 1. The number of rotatable bonds is 1. The third-order valence-corrected chi connectivity index (χ3v) is 1.70. The van der Waals surface area contributed by atoms with E-state index in [1.807, 2.05) is 6.07 Å². The Bertz CT molecular complexity index is 481. The number of aromatic amines is 1. The van der Waals surface area contributed by atoms with Crippen molar-refractivity contribution in [3.8, 4) is 17.3 Å². The quantitative estimate of drug-likeness (QED) is 0.667. The van der Waals surface area contributed by atoms with Crippen LogP contribution in [0.15, 0.2) is 18.6 Å². The Labute approximate surface area is 79.4 Å². The van der Waals surface area contributed by atoms with Crippen LogP contribution >= 0.6 is 0 Å². The van der Waals surface area contributed by atoms with Crippen LogP contribution in [0.5, 0.6) is 0 Å². The number of nitriles is 1. The molecule has 2 aromatic heterocycles. The lowest BCUT2D eigenvalue weighted by Crippen LogP contribution is -1.98. The van der Waals surface area contributed by atoms with Crippen LogP contribution in [0.25, 0.3) is 11.3 Å². The fourth-order valence-electron chi connectivity index (χ4n) is 1.08. The molecule has 3 N–H and O–H groups in total. The topological polar surface area (TPSA) is 104 Å². The second kappa shape index (κ2) is 3.14. The second-order valence-corrected chi connectivity index (χ2v) is 2.59. The van der Waals surface area contributed by atoms with E-state index >= 15 is 0 Å². The minimum absolute atomic E-state index is 0.139. The van der Waals surface area contributed by atoms with E-state index < -0.39 is 0 Å². The number of anilines is 1. The number of nitrogens with zero attached hydrogens (tertiary/aromatic N) is 4. The van der Waals surface area contributed by atoms with E-state index in [-0.39, 0.29) is 5.95 Å². The number of nitrogens with two attached hydrogens (primary N) is 1. The molecule has 0 amide bonds. The maximum Gasteiger partial charge on any atom is 0.220 e. The lowest BCUT2D eigenvalue weighted by atomic mass is 10.1. The molecule has 2 heterocycles. The van der Waals surface area contributed by atoms with Crippen LogP contribution in [0.1, 0.15) is 5.56 Å². The Morgan fingerprint density at radius 3 is 2.93 bits per heavy atom. The van der Waals surface area contributed by atoms with Crippen LogP contribution < -0.4 is 5.73 Å². The number of aromatic nitrogens is 4. The highest BCUT2D eigenvalue weighted by Crippen LogP contribution is 2.19. The Morgan fingerprint density at radius 2 is 2.29 bits per heavy atom. The lowest BCUT2D eigenvalue weighted by Gasteiger charge is -1.99. The molecule has 6 heteroatoms. The molecule has 0 bridgehead atoms. The summed E-state index contributed by atoms with van der Waals surface area (Å²) in [7, 11) is 0. The first-order valence-corrected chi connectivity index (χ1v) is 3.83. The molecule has 0 aromatic carbocycles.